The third-order valence-corrected chi connectivity index (χ3v) is 9.64. The molecule has 7 nitrogen and oxygen atoms in total. The van der Waals surface area contributed by atoms with Crippen molar-refractivity contribution in [2.45, 2.75) is 219 Å². The number of carbonyl (C=O) groups excluding carboxylic acids is 2. The second kappa shape index (κ2) is 39.4. The smallest absolute Gasteiger partial charge is 0.462 e. The molecular formula is C42H83NO6. The van der Waals surface area contributed by atoms with Crippen LogP contribution in [0.1, 0.15) is 213 Å². The largest absolute Gasteiger partial charge is 0.508 e. The van der Waals surface area contributed by atoms with Gasteiger partial charge in [-0.25, -0.2) is 4.79 Å². The molecule has 0 fully saturated rings. The van der Waals surface area contributed by atoms with Gasteiger partial charge in [-0.3, -0.25) is 4.79 Å². The SMILES string of the molecule is CCCCCCCCC(CCCCCCCC)OC(=O)CCCCCCCN(CCO)CCCCCCCCOC(=O)OCCCCCC. The van der Waals surface area contributed by atoms with Gasteiger partial charge in [-0.1, -0.05) is 149 Å². The molecule has 0 spiro atoms. The number of rotatable bonds is 39. The van der Waals surface area contributed by atoms with Crippen LogP contribution in [0.3, 0.4) is 0 Å². The molecule has 0 aliphatic carbocycles. The van der Waals surface area contributed by atoms with Gasteiger partial charge in [0, 0.05) is 13.0 Å². The molecule has 0 amide bonds. The van der Waals surface area contributed by atoms with E-state index in [1.54, 1.807) is 0 Å². The van der Waals surface area contributed by atoms with Gasteiger partial charge in [0.1, 0.15) is 6.10 Å². The molecule has 0 atom stereocenters. The number of esters is 1. The zero-order valence-electron chi connectivity index (χ0n) is 33.0. The summed E-state index contributed by atoms with van der Waals surface area (Å²) in [6.07, 6.45) is 34.1. The van der Waals surface area contributed by atoms with E-state index in [0.717, 1.165) is 96.7 Å². The third kappa shape index (κ3) is 36.3. The maximum absolute atomic E-state index is 12.7. The zero-order chi connectivity index (χ0) is 35.9. The number of carbonyl (C=O) groups is 2. The molecule has 0 bridgehead atoms. The predicted octanol–water partition coefficient (Wildman–Crippen LogP) is 12.1. The van der Waals surface area contributed by atoms with Gasteiger partial charge in [0.05, 0.1) is 19.8 Å². The summed E-state index contributed by atoms with van der Waals surface area (Å²) in [4.78, 5) is 26.7. The molecule has 0 aliphatic rings. The van der Waals surface area contributed by atoms with Crippen LogP contribution in [0.5, 0.6) is 0 Å². The molecule has 49 heavy (non-hydrogen) atoms. The standard InChI is InChI=1S/C42H83NO6/c1-4-7-10-13-18-24-31-40(32-25-19-14-11-8-5-2)49-41(45)33-26-20-17-22-28-35-43(36-37-44)34-27-21-15-16-23-30-39-48-42(46)47-38-29-12-9-6-3/h40,44H,4-39H2,1-3H3. The first-order chi connectivity index (χ1) is 24.1. The number of hydrogen-bond donors (Lipinski definition) is 1. The summed E-state index contributed by atoms with van der Waals surface area (Å²) < 4.78 is 16.3. The van der Waals surface area contributed by atoms with Gasteiger partial charge >= 0.3 is 12.1 Å². The van der Waals surface area contributed by atoms with E-state index in [-0.39, 0.29) is 18.7 Å². The second-order valence-corrected chi connectivity index (χ2v) is 14.4. The predicted molar refractivity (Wildman–Crippen MR) is 206 cm³/mol. The van der Waals surface area contributed by atoms with Crippen molar-refractivity contribution < 1.29 is 28.9 Å². The minimum atomic E-state index is -0.526. The van der Waals surface area contributed by atoms with Crippen LogP contribution in [-0.4, -0.2) is 67.7 Å². The number of aliphatic hydroxyl groups excluding tert-OH is 1. The van der Waals surface area contributed by atoms with E-state index in [1.807, 2.05) is 0 Å². The Morgan fingerprint density at radius 1 is 0.490 bits per heavy atom. The minimum Gasteiger partial charge on any atom is -0.462 e. The average molecular weight is 698 g/mol. The van der Waals surface area contributed by atoms with Crippen LogP contribution in [0.4, 0.5) is 4.79 Å². The summed E-state index contributed by atoms with van der Waals surface area (Å²) in [6.45, 7) is 10.6. The van der Waals surface area contributed by atoms with Crippen molar-refractivity contribution >= 4 is 12.1 Å². The highest BCUT2D eigenvalue weighted by Crippen LogP contribution is 2.18. The molecule has 7 heteroatoms. The summed E-state index contributed by atoms with van der Waals surface area (Å²) in [5, 5.41) is 9.52. The summed E-state index contributed by atoms with van der Waals surface area (Å²) in [5.41, 5.74) is 0. The summed E-state index contributed by atoms with van der Waals surface area (Å²) in [7, 11) is 0. The Balaban J connectivity index is 3.94. The molecule has 0 aromatic rings. The first-order valence-electron chi connectivity index (χ1n) is 21.4. The van der Waals surface area contributed by atoms with Crippen LogP contribution in [0.15, 0.2) is 0 Å². The van der Waals surface area contributed by atoms with Crippen LogP contribution in [0.25, 0.3) is 0 Å². The van der Waals surface area contributed by atoms with Gasteiger partial charge in [0.15, 0.2) is 0 Å². The zero-order valence-corrected chi connectivity index (χ0v) is 33.0. The van der Waals surface area contributed by atoms with Gasteiger partial charge in [-0.05, 0) is 70.9 Å². The van der Waals surface area contributed by atoms with Crippen LogP contribution in [0.2, 0.25) is 0 Å². The number of unbranched alkanes of at least 4 members (excludes halogenated alkanes) is 22. The van der Waals surface area contributed by atoms with Crippen molar-refractivity contribution in [2.24, 2.45) is 0 Å². The maximum Gasteiger partial charge on any atom is 0.508 e. The number of ether oxygens (including phenoxy) is 3. The number of hydrogen-bond acceptors (Lipinski definition) is 7. The molecule has 0 radical (unpaired) electrons. The highest BCUT2D eigenvalue weighted by molar-refractivity contribution is 5.69. The fraction of sp³-hybridized carbons (Fsp3) is 0.952. The Hall–Kier alpha value is -1.34. The van der Waals surface area contributed by atoms with Crippen molar-refractivity contribution in [1.29, 1.82) is 0 Å². The lowest BCUT2D eigenvalue weighted by Crippen LogP contribution is -2.29. The van der Waals surface area contributed by atoms with Gasteiger partial charge in [-0.2, -0.15) is 0 Å². The molecule has 0 aliphatic heterocycles. The molecule has 0 rings (SSSR count). The molecule has 292 valence electrons. The number of nitrogens with zero attached hydrogens (tertiary/aromatic N) is 1. The third-order valence-electron chi connectivity index (χ3n) is 9.64. The van der Waals surface area contributed by atoms with Crippen LogP contribution in [0, 0.1) is 0 Å². The molecule has 0 saturated heterocycles. The summed E-state index contributed by atoms with van der Waals surface area (Å²) in [5.74, 6) is 0.0117. The highest BCUT2D eigenvalue weighted by Gasteiger charge is 2.14. The molecule has 0 unspecified atom stereocenters. The minimum absolute atomic E-state index is 0.0117. The quantitative estimate of drug-likeness (QED) is 0.0505. The van der Waals surface area contributed by atoms with Gasteiger partial charge in [0.25, 0.3) is 0 Å². The summed E-state index contributed by atoms with van der Waals surface area (Å²) >= 11 is 0. The first-order valence-corrected chi connectivity index (χ1v) is 21.4. The van der Waals surface area contributed by atoms with Crippen molar-refractivity contribution in [1.82, 2.24) is 4.90 Å². The lowest BCUT2D eigenvalue weighted by atomic mass is 10.0. The van der Waals surface area contributed by atoms with E-state index < -0.39 is 6.16 Å². The Morgan fingerprint density at radius 3 is 1.35 bits per heavy atom. The van der Waals surface area contributed by atoms with E-state index in [9.17, 15) is 14.7 Å². The van der Waals surface area contributed by atoms with E-state index in [1.165, 1.54) is 109 Å². The Labute approximate surface area is 304 Å². The van der Waals surface area contributed by atoms with E-state index in [0.29, 0.717) is 19.6 Å². The van der Waals surface area contributed by atoms with Crippen LogP contribution >= 0.6 is 0 Å². The Morgan fingerprint density at radius 2 is 0.878 bits per heavy atom. The fourth-order valence-corrected chi connectivity index (χ4v) is 6.45. The van der Waals surface area contributed by atoms with Crippen molar-refractivity contribution in [2.75, 3.05) is 39.5 Å². The molecule has 0 aromatic carbocycles. The molecule has 0 saturated carbocycles. The van der Waals surface area contributed by atoms with E-state index in [4.69, 9.17) is 14.2 Å². The van der Waals surface area contributed by atoms with Gasteiger partial charge in [-0.15, -0.1) is 0 Å². The monoisotopic (exact) mass is 698 g/mol. The Bertz CT molecular complexity index is 674. The molecule has 0 aromatic heterocycles. The maximum atomic E-state index is 12.7. The molecular weight excluding hydrogens is 614 g/mol. The van der Waals surface area contributed by atoms with Crippen molar-refractivity contribution in [3.63, 3.8) is 0 Å². The first kappa shape index (κ1) is 47.7. The van der Waals surface area contributed by atoms with E-state index >= 15 is 0 Å². The fourth-order valence-electron chi connectivity index (χ4n) is 6.45. The highest BCUT2D eigenvalue weighted by atomic mass is 16.7. The Kier molecular flexibility index (Phi) is 38.4. The van der Waals surface area contributed by atoms with E-state index in [2.05, 4.69) is 25.7 Å². The lowest BCUT2D eigenvalue weighted by Gasteiger charge is -2.21. The van der Waals surface area contributed by atoms with Crippen LogP contribution in [-0.2, 0) is 19.0 Å². The van der Waals surface area contributed by atoms with Gasteiger partial charge in [0.2, 0.25) is 0 Å². The second-order valence-electron chi connectivity index (χ2n) is 14.4. The number of aliphatic hydroxyl groups is 1. The van der Waals surface area contributed by atoms with Crippen LogP contribution < -0.4 is 0 Å². The summed E-state index contributed by atoms with van der Waals surface area (Å²) in [6, 6.07) is 0. The topological polar surface area (TPSA) is 85.3 Å². The van der Waals surface area contributed by atoms with Crippen molar-refractivity contribution in [3.05, 3.63) is 0 Å². The normalized spacial score (nSPS) is 11.5. The van der Waals surface area contributed by atoms with Gasteiger partial charge < -0.3 is 24.2 Å². The average Bonchev–Trinajstić information content (AvgIpc) is 3.09. The van der Waals surface area contributed by atoms with Crippen molar-refractivity contribution in [3.8, 4) is 0 Å². The molecule has 0 heterocycles. The lowest BCUT2D eigenvalue weighted by molar-refractivity contribution is -0.150. The molecule has 1 N–H and O–H groups in total.